The quantitative estimate of drug-likeness (QED) is 0.0797. The Hall–Kier alpha value is -11.3. The smallest absolute Gasteiger partial charge is 0.418 e. The number of alkyl halides is 3. The van der Waals surface area contributed by atoms with E-state index in [9.17, 15) is 42.6 Å². The summed E-state index contributed by atoms with van der Waals surface area (Å²) < 4.78 is 44.8. The van der Waals surface area contributed by atoms with Gasteiger partial charge in [-0.1, -0.05) is 133 Å². The zero-order valence-corrected chi connectivity index (χ0v) is 43.2. The molecule has 0 atom stereocenters. The van der Waals surface area contributed by atoms with Gasteiger partial charge in [0, 0.05) is 65.6 Å². The molecule has 0 aliphatic carbocycles. The van der Waals surface area contributed by atoms with E-state index in [1.54, 1.807) is 103 Å². The van der Waals surface area contributed by atoms with Crippen molar-refractivity contribution < 1.29 is 42.6 Å². The van der Waals surface area contributed by atoms with Crippen LogP contribution in [0.3, 0.4) is 0 Å². The fraction of sp³-hybridized carbons (Fsp3) is 0.0462. The van der Waals surface area contributed by atoms with Crippen molar-refractivity contribution in [3.63, 3.8) is 0 Å². The second-order valence-electron chi connectivity index (χ2n) is 19.7. The van der Waals surface area contributed by atoms with Crippen LogP contribution in [0.5, 0.6) is 11.5 Å². The number of carbonyl (C=O) groups is 4. The molecule has 13 rings (SSSR count). The Morgan fingerprint density at radius 1 is 0.386 bits per heavy atom. The molecule has 402 valence electrons. The summed E-state index contributed by atoms with van der Waals surface area (Å²) in [5.74, 6) is -2.77. The number of rotatable bonds is 12. The summed E-state index contributed by atoms with van der Waals surface area (Å²) in [6, 6.07) is 54.5. The summed E-state index contributed by atoms with van der Waals surface area (Å²) in [6.45, 7) is 0.0867. The number of nitrogens with zero attached hydrogens (tertiary/aromatic N) is 8. The molecule has 83 heavy (non-hydrogen) atoms. The molecule has 3 N–H and O–H groups in total. The average Bonchev–Trinajstić information content (AvgIpc) is 3.60. The van der Waals surface area contributed by atoms with Crippen LogP contribution in [0.25, 0.3) is 43.1 Å². The predicted molar refractivity (Wildman–Crippen MR) is 308 cm³/mol. The fourth-order valence-electron chi connectivity index (χ4n) is 10.7. The van der Waals surface area contributed by atoms with Gasteiger partial charge in [-0.25, -0.2) is 0 Å². The van der Waals surface area contributed by atoms with Gasteiger partial charge in [0.05, 0.1) is 52.5 Å². The van der Waals surface area contributed by atoms with Gasteiger partial charge in [-0.05, 0) is 77.9 Å². The summed E-state index contributed by atoms with van der Waals surface area (Å²) in [5.41, 5.74) is 2.36. The molecule has 18 heteroatoms. The lowest BCUT2D eigenvalue weighted by Gasteiger charge is -2.27. The zero-order valence-electron chi connectivity index (χ0n) is 43.2. The number of aromatic hydroxyl groups is 2. The van der Waals surface area contributed by atoms with Crippen LogP contribution in [-0.4, -0.2) is 43.6 Å². The second kappa shape index (κ2) is 20.4. The third-order valence-electron chi connectivity index (χ3n) is 14.6. The molecule has 0 saturated carbocycles. The van der Waals surface area contributed by atoms with E-state index < -0.39 is 41.1 Å². The van der Waals surface area contributed by atoms with E-state index in [0.29, 0.717) is 60.2 Å². The third kappa shape index (κ3) is 9.18. The molecule has 11 aromatic carbocycles. The second-order valence-corrected chi connectivity index (χ2v) is 19.7. The van der Waals surface area contributed by atoms with Crippen LogP contribution in [0.1, 0.15) is 58.1 Å². The largest absolute Gasteiger partial charge is 0.506 e. The number of anilines is 2. The van der Waals surface area contributed by atoms with E-state index >= 15 is 0 Å². The minimum atomic E-state index is -4.85. The number of hydrogen-bond acceptors (Lipinski definition) is 13. The van der Waals surface area contributed by atoms with Crippen molar-refractivity contribution >= 4 is 112 Å². The summed E-state index contributed by atoms with van der Waals surface area (Å²) in [5, 5.41) is 55.6. The van der Waals surface area contributed by atoms with Crippen LogP contribution >= 0.6 is 0 Å². The van der Waals surface area contributed by atoms with Crippen LogP contribution in [0.15, 0.2) is 231 Å². The Bertz CT molecular complexity index is 4670. The van der Waals surface area contributed by atoms with E-state index in [-0.39, 0.29) is 69.6 Å². The standard InChI is InChI=1S/C65H40F3N9O6/c66-65(67,68)49-31-38(69-50-27-28-52(40-18-8-7-17-39(40)50)71-74-59-43-21-11-23-45-57(43)47(32-55(59)78)63(82)76(61(45)80)34-36-13-3-1-4-14-36)25-26-54(49)73-70-51-29-30-53(42-20-10-9-19-41(42)51)72-75-60-44-22-12-24-46-58(44)48(33-56(60)79)64(83)77(62(46)81)35-37-15-5-2-6-16-37/h1-33,69,78-79H,34-35H2. The summed E-state index contributed by atoms with van der Waals surface area (Å²) >= 11 is 0. The van der Waals surface area contributed by atoms with Crippen LogP contribution in [0, 0.1) is 0 Å². The maximum atomic E-state index is 14.9. The van der Waals surface area contributed by atoms with Crippen molar-refractivity contribution in [2.24, 2.45) is 30.7 Å². The van der Waals surface area contributed by atoms with Crippen molar-refractivity contribution in [3.05, 3.63) is 239 Å². The fourth-order valence-corrected chi connectivity index (χ4v) is 10.7. The first-order chi connectivity index (χ1) is 40.3. The number of phenolic OH excluding ortho intramolecular Hbond substituents is 2. The molecule has 11 aromatic rings. The van der Waals surface area contributed by atoms with Gasteiger partial charge < -0.3 is 15.5 Å². The van der Waals surface area contributed by atoms with E-state index in [2.05, 4.69) is 36.0 Å². The lowest BCUT2D eigenvalue weighted by Crippen LogP contribution is -2.39. The van der Waals surface area contributed by atoms with Gasteiger partial charge in [0.1, 0.15) is 22.9 Å². The van der Waals surface area contributed by atoms with Gasteiger partial charge in [0.2, 0.25) is 0 Å². The van der Waals surface area contributed by atoms with Gasteiger partial charge in [-0.3, -0.25) is 29.0 Å². The molecule has 4 amide bonds. The van der Waals surface area contributed by atoms with Crippen LogP contribution < -0.4 is 5.32 Å². The highest BCUT2D eigenvalue weighted by Crippen LogP contribution is 2.47. The summed E-state index contributed by atoms with van der Waals surface area (Å²) in [7, 11) is 0. The highest BCUT2D eigenvalue weighted by Gasteiger charge is 2.37. The number of azo groups is 3. The Morgan fingerprint density at radius 2 is 0.771 bits per heavy atom. The molecule has 0 unspecified atom stereocenters. The van der Waals surface area contributed by atoms with E-state index in [1.807, 2.05) is 60.7 Å². The SMILES string of the molecule is O=C1c2cccc3c(N=Nc4ccc(N=Nc5ccc(Nc6ccc(N=Nc7c(O)cc8c9c(cccc79)C(=O)N(Cc7ccccc7)C8=O)c7ccccc67)cc5C(F)(F)F)c5ccccc45)c(O)cc(c23)C(=O)N1Cc1ccccc1. The van der Waals surface area contributed by atoms with Crippen molar-refractivity contribution in [3.8, 4) is 11.5 Å². The average molecular weight is 1100 g/mol. The number of hydrogen-bond donors (Lipinski definition) is 3. The Morgan fingerprint density at radius 3 is 1.25 bits per heavy atom. The molecule has 15 nitrogen and oxygen atoms in total. The molecule has 0 fully saturated rings. The van der Waals surface area contributed by atoms with Gasteiger partial charge in [-0.2, -0.15) is 13.2 Å². The molecule has 0 radical (unpaired) electrons. The predicted octanol–water partition coefficient (Wildman–Crippen LogP) is 17.3. The number of fused-ring (bicyclic) bond motifs is 2. The van der Waals surface area contributed by atoms with Crippen LogP contribution in [0.4, 0.5) is 58.7 Å². The van der Waals surface area contributed by atoms with Crippen molar-refractivity contribution in [2.45, 2.75) is 19.3 Å². The number of benzene rings is 11. The first-order valence-corrected chi connectivity index (χ1v) is 25.9. The number of halogens is 3. The lowest BCUT2D eigenvalue weighted by atomic mass is 9.92. The summed E-state index contributed by atoms with van der Waals surface area (Å²) in [4.78, 5) is 57.3. The monoisotopic (exact) mass is 1100 g/mol. The Labute approximate surface area is 468 Å². The van der Waals surface area contributed by atoms with Crippen molar-refractivity contribution in [1.82, 2.24) is 9.80 Å². The molecule has 0 spiro atoms. The molecular formula is C65H40F3N9O6. The van der Waals surface area contributed by atoms with Gasteiger partial charge >= 0.3 is 6.18 Å². The van der Waals surface area contributed by atoms with Crippen molar-refractivity contribution in [2.75, 3.05) is 5.32 Å². The van der Waals surface area contributed by atoms with Crippen molar-refractivity contribution in [1.29, 1.82) is 0 Å². The molecule has 0 saturated heterocycles. The first-order valence-electron chi connectivity index (χ1n) is 25.9. The Balaban J connectivity index is 0.761. The molecular weight excluding hydrogens is 1060 g/mol. The molecule has 0 aromatic heterocycles. The minimum absolute atomic E-state index is 0.0244. The van der Waals surface area contributed by atoms with E-state index in [1.165, 1.54) is 30.3 Å². The number of nitrogens with one attached hydrogen (secondary N) is 1. The van der Waals surface area contributed by atoms with E-state index in [4.69, 9.17) is 0 Å². The van der Waals surface area contributed by atoms with Crippen LogP contribution in [-0.2, 0) is 19.3 Å². The molecule has 2 aliphatic rings. The normalized spacial score (nSPS) is 13.6. The number of amides is 4. The minimum Gasteiger partial charge on any atom is -0.506 e. The zero-order chi connectivity index (χ0) is 57.1. The molecule has 0 bridgehead atoms. The number of carbonyl (C=O) groups excluding carboxylic acids is 4. The molecule has 2 aliphatic heterocycles. The maximum absolute atomic E-state index is 14.9. The lowest BCUT2D eigenvalue weighted by molar-refractivity contribution is -0.137. The Kier molecular flexibility index (Phi) is 12.6. The third-order valence-corrected chi connectivity index (χ3v) is 14.6. The topological polar surface area (TPSA) is 201 Å². The van der Waals surface area contributed by atoms with E-state index in [0.717, 1.165) is 27.0 Å². The highest BCUT2D eigenvalue weighted by molar-refractivity contribution is 6.28. The molecule has 2 heterocycles. The van der Waals surface area contributed by atoms with Gasteiger partial charge in [0.25, 0.3) is 23.6 Å². The number of phenols is 2. The van der Waals surface area contributed by atoms with Crippen LogP contribution in [0.2, 0.25) is 0 Å². The van der Waals surface area contributed by atoms with Gasteiger partial charge in [0.15, 0.2) is 0 Å². The maximum Gasteiger partial charge on any atom is 0.418 e. The number of imide groups is 2. The summed E-state index contributed by atoms with van der Waals surface area (Å²) in [6.07, 6.45) is -4.85. The van der Waals surface area contributed by atoms with Gasteiger partial charge in [-0.15, -0.1) is 30.7 Å². The first kappa shape index (κ1) is 51.2. The highest BCUT2D eigenvalue weighted by atomic mass is 19.4.